The predicted octanol–water partition coefficient (Wildman–Crippen LogP) is 3.03. The Morgan fingerprint density at radius 3 is 2.87 bits per heavy atom. The molecule has 4 rings (SSSR count). The predicted molar refractivity (Wildman–Crippen MR) is 111 cm³/mol. The van der Waals surface area contributed by atoms with Crippen LogP contribution in [-0.4, -0.2) is 61.1 Å². The van der Waals surface area contributed by atoms with Gasteiger partial charge < -0.3 is 19.3 Å². The van der Waals surface area contributed by atoms with Gasteiger partial charge in [0.05, 0.1) is 6.04 Å². The van der Waals surface area contributed by atoms with Gasteiger partial charge in [0.1, 0.15) is 31.3 Å². The van der Waals surface area contributed by atoms with Gasteiger partial charge in [-0.25, -0.2) is 4.39 Å². The molecule has 1 aliphatic carbocycles. The zero-order valence-electron chi connectivity index (χ0n) is 16.9. The standard InChI is InChI=1S/C22H25FN2O4S/c1-28-14-22(27)25(16-5-6-16)12-21(26)24-9-7-20-18(8-10-30-20)19(24)13-29-17-4-2-3-15(23)11-17/h2-4,8,10-11,16,19H,5-7,9,12-14H2,1H3. The van der Waals surface area contributed by atoms with Crippen LogP contribution in [0.25, 0.3) is 0 Å². The number of amides is 2. The summed E-state index contributed by atoms with van der Waals surface area (Å²) in [5, 5.41) is 2.02. The number of fused-ring (bicyclic) bond motifs is 1. The molecule has 1 atom stereocenters. The molecular formula is C22H25FN2O4S. The van der Waals surface area contributed by atoms with Crippen LogP contribution >= 0.6 is 11.3 Å². The Morgan fingerprint density at radius 2 is 2.13 bits per heavy atom. The number of thiophene rings is 1. The molecule has 2 aromatic rings. The summed E-state index contributed by atoms with van der Waals surface area (Å²) < 4.78 is 24.3. The minimum absolute atomic E-state index is 0.0232. The van der Waals surface area contributed by atoms with Crippen molar-refractivity contribution < 1.29 is 23.5 Å². The maximum absolute atomic E-state index is 13.5. The molecule has 2 amide bonds. The molecule has 0 spiro atoms. The topological polar surface area (TPSA) is 59.1 Å². The Hall–Kier alpha value is -2.45. The molecule has 1 aromatic carbocycles. The number of benzene rings is 1. The number of methoxy groups -OCH3 is 1. The molecule has 0 bridgehead atoms. The monoisotopic (exact) mass is 432 g/mol. The highest BCUT2D eigenvalue weighted by Crippen LogP contribution is 2.34. The zero-order chi connectivity index (χ0) is 21.1. The molecule has 0 saturated heterocycles. The van der Waals surface area contributed by atoms with Crippen LogP contribution in [0.15, 0.2) is 35.7 Å². The largest absolute Gasteiger partial charge is 0.491 e. The van der Waals surface area contributed by atoms with Crippen molar-refractivity contribution in [3.63, 3.8) is 0 Å². The molecule has 1 aromatic heterocycles. The third kappa shape index (κ3) is 4.65. The van der Waals surface area contributed by atoms with Gasteiger partial charge in [0.15, 0.2) is 0 Å². The van der Waals surface area contributed by atoms with Crippen molar-refractivity contribution in [2.75, 3.05) is 33.4 Å². The van der Waals surface area contributed by atoms with Crippen molar-refractivity contribution in [2.45, 2.75) is 31.3 Å². The molecule has 6 nitrogen and oxygen atoms in total. The van der Waals surface area contributed by atoms with Crippen LogP contribution in [0.3, 0.4) is 0 Å². The maximum Gasteiger partial charge on any atom is 0.249 e. The lowest BCUT2D eigenvalue weighted by molar-refractivity contribution is -0.145. The van der Waals surface area contributed by atoms with Crippen LogP contribution in [0.4, 0.5) is 4.39 Å². The molecule has 1 unspecified atom stereocenters. The normalized spacial score (nSPS) is 18.1. The quantitative estimate of drug-likeness (QED) is 0.644. The van der Waals surface area contributed by atoms with E-state index >= 15 is 0 Å². The Morgan fingerprint density at radius 1 is 1.30 bits per heavy atom. The van der Waals surface area contributed by atoms with Gasteiger partial charge in [-0.2, -0.15) is 0 Å². The fraction of sp³-hybridized carbons (Fsp3) is 0.455. The van der Waals surface area contributed by atoms with Gasteiger partial charge in [0, 0.05) is 30.6 Å². The van der Waals surface area contributed by atoms with Gasteiger partial charge in [0.2, 0.25) is 11.8 Å². The molecule has 1 aliphatic heterocycles. The first-order chi connectivity index (χ1) is 14.6. The Bertz CT molecular complexity index is 914. The Kier molecular flexibility index (Phi) is 6.34. The van der Waals surface area contributed by atoms with E-state index in [1.165, 1.54) is 24.1 Å². The van der Waals surface area contributed by atoms with Crippen molar-refractivity contribution in [1.29, 1.82) is 0 Å². The molecule has 8 heteroatoms. The van der Waals surface area contributed by atoms with E-state index in [2.05, 4.69) is 0 Å². The van der Waals surface area contributed by atoms with Gasteiger partial charge in [-0.15, -0.1) is 11.3 Å². The van der Waals surface area contributed by atoms with Gasteiger partial charge in [-0.3, -0.25) is 9.59 Å². The zero-order valence-corrected chi connectivity index (χ0v) is 17.7. The second-order valence-corrected chi connectivity index (χ2v) is 8.61. The summed E-state index contributed by atoms with van der Waals surface area (Å²) in [6, 6.07) is 7.87. The first-order valence-electron chi connectivity index (χ1n) is 10.1. The first kappa shape index (κ1) is 20.8. The molecule has 30 heavy (non-hydrogen) atoms. The average Bonchev–Trinajstić information content (AvgIpc) is 3.46. The van der Waals surface area contributed by atoms with Gasteiger partial charge in [-0.05, 0) is 48.4 Å². The summed E-state index contributed by atoms with van der Waals surface area (Å²) >= 11 is 1.67. The minimum atomic E-state index is -0.364. The van der Waals surface area contributed by atoms with E-state index in [-0.39, 0.29) is 49.5 Å². The fourth-order valence-electron chi connectivity index (χ4n) is 3.86. The van der Waals surface area contributed by atoms with E-state index in [4.69, 9.17) is 9.47 Å². The lowest BCUT2D eigenvalue weighted by atomic mass is 10.0. The summed E-state index contributed by atoms with van der Waals surface area (Å²) in [5.74, 6) is -0.193. The number of carbonyl (C=O) groups excluding carboxylic acids is 2. The number of carbonyl (C=O) groups is 2. The number of halogens is 1. The van der Waals surface area contributed by atoms with Gasteiger partial charge in [-0.1, -0.05) is 6.07 Å². The third-order valence-corrected chi connectivity index (χ3v) is 6.50. The molecule has 0 radical (unpaired) electrons. The Labute approximate surface area is 179 Å². The summed E-state index contributed by atoms with van der Waals surface area (Å²) in [7, 11) is 1.48. The summed E-state index contributed by atoms with van der Waals surface area (Å²) in [6.07, 6.45) is 2.62. The number of rotatable bonds is 8. The lowest BCUT2D eigenvalue weighted by Gasteiger charge is -2.37. The highest BCUT2D eigenvalue weighted by atomic mass is 32.1. The summed E-state index contributed by atoms with van der Waals surface area (Å²) in [6.45, 7) is 0.822. The highest BCUT2D eigenvalue weighted by Gasteiger charge is 2.37. The van der Waals surface area contributed by atoms with Crippen LogP contribution < -0.4 is 4.74 Å². The minimum Gasteiger partial charge on any atom is -0.491 e. The van der Waals surface area contributed by atoms with Crippen molar-refractivity contribution in [2.24, 2.45) is 0 Å². The van der Waals surface area contributed by atoms with E-state index < -0.39 is 0 Å². The fourth-order valence-corrected chi connectivity index (χ4v) is 4.78. The first-order valence-corrected chi connectivity index (χ1v) is 11.0. The molecule has 2 heterocycles. The van der Waals surface area contributed by atoms with Crippen LogP contribution in [0.2, 0.25) is 0 Å². The molecule has 0 N–H and O–H groups in total. The van der Waals surface area contributed by atoms with E-state index in [9.17, 15) is 14.0 Å². The Balaban J connectivity index is 1.50. The van der Waals surface area contributed by atoms with Gasteiger partial charge >= 0.3 is 0 Å². The number of hydrogen-bond donors (Lipinski definition) is 0. The smallest absolute Gasteiger partial charge is 0.249 e. The third-order valence-electron chi connectivity index (χ3n) is 5.50. The number of hydrogen-bond acceptors (Lipinski definition) is 5. The average molecular weight is 433 g/mol. The summed E-state index contributed by atoms with van der Waals surface area (Å²) in [4.78, 5) is 30.3. The van der Waals surface area contributed by atoms with E-state index in [1.807, 2.05) is 11.4 Å². The van der Waals surface area contributed by atoms with E-state index in [1.54, 1.807) is 33.3 Å². The number of nitrogens with zero attached hydrogens (tertiary/aromatic N) is 2. The van der Waals surface area contributed by atoms with Crippen LogP contribution in [0.5, 0.6) is 5.75 Å². The van der Waals surface area contributed by atoms with Crippen LogP contribution in [0, 0.1) is 5.82 Å². The highest BCUT2D eigenvalue weighted by molar-refractivity contribution is 7.10. The maximum atomic E-state index is 13.5. The second-order valence-electron chi connectivity index (χ2n) is 7.61. The van der Waals surface area contributed by atoms with Gasteiger partial charge in [0.25, 0.3) is 0 Å². The SMILES string of the molecule is COCC(=O)N(CC(=O)N1CCc2sccc2C1COc1cccc(F)c1)C1CC1. The van der Waals surface area contributed by atoms with Crippen molar-refractivity contribution >= 4 is 23.2 Å². The lowest BCUT2D eigenvalue weighted by Crippen LogP contribution is -2.49. The van der Waals surface area contributed by atoms with Crippen LogP contribution in [0.1, 0.15) is 29.3 Å². The van der Waals surface area contributed by atoms with Crippen molar-refractivity contribution in [3.8, 4) is 5.75 Å². The molecule has 2 aliphatic rings. The van der Waals surface area contributed by atoms with E-state index in [0.717, 1.165) is 24.8 Å². The number of ether oxygens (including phenoxy) is 2. The second kappa shape index (κ2) is 9.14. The molecule has 160 valence electrons. The molecule has 1 saturated carbocycles. The van der Waals surface area contributed by atoms with E-state index in [0.29, 0.717) is 12.3 Å². The molecule has 1 fully saturated rings. The summed E-state index contributed by atoms with van der Waals surface area (Å²) in [5.41, 5.74) is 1.07. The van der Waals surface area contributed by atoms with Crippen molar-refractivity contribution in [3.05, 3.63) is 52.0 Å². The van der Waals surface area contributed by atoms with Crippen molar-refractivity contribution in [1.82, 2.24) is 9.80 Å². The van der Waals surface area contributed by atoms with Crippen LogP contribution in [-0.2, 0) is 20.7 Å². The molecular weight excluding hydrogens is 407 g/mol.